The molecule has 0 aromatic rings. The van der Waals surface area contributed by atoms with Crippen LogP contribution in [0.3, 0.4) is 0 Å². The van der Waals surface area contributed by atoms with Crippen LogP contribution in [0.2, 0.25) is 0 Å². The normalized spacial score (nSPS) is 25.9. The van der Waals surface area contributed by atoms with Crippen LogP contribution in [0.15, 0.2) is 0 Å². The molecule has 106 valence electrons. The molecule has 1 rings (SSSR count). The molecule has 0 spiro atoms. The summed E-state index contributed by atoms with van der Waals surface area (Å²) in [5, 5.41) is 0. The molecular weight excluding hydrogens is 226 g/mol. The predicted molar refractivity (Wildman–Crippen MR) is 74.5 cm³/mol. The third-order valence-electron chi connectivity index (χ3n) is 3.56. The zero-order valence-corrected chi connectivity index (χ0v) is 12.7. The van der Waals surface area contributed by atoms with Crippen molar-refractivity contribution in [1.29, 1.82) is 0 Å². The molecule has 0 N–H and O–H groups in total. The van der Waals surface area contributed by atoms with Gasteiger partial charge in [0.25, 0.3) is 0 Å². The molecule has 1 saturated carbocycles. The lowest BCUT2D eigenvalue weighted by Crippen LogP contribution is -2.36. The zero-order valence-electron chi connectivity index (χ0n) is 12.7. The van der Waals surface area contributed by atoms with Gasteiger partial charge in [-0.05, 0) is 54.1 Å². The van der Waals surface area contributed by atoms with Crippen molar-refractivity contribution in [2.75, 3.05) is 20.6 Å². The van der Waals surface area contributed by atoms with Crippen LogP contribution in [0.25, 0.3) is 0 Å². The van der Waals surface area contributed by atoms with E-state index in [2.05, 4.69) is 19.0 Å². The quantitative estimate of drug-likeness (QED) is 0.573. The van der Waals surface area contributed by atoms with Gasteiger partial charge in [-0.25, -0.2) is 0 Å². The van der Waals surface area contributed by atoms with E-state index < -0.39 is 5.41 Å². The first-order valence-corrected chi connectivity index (χ1v) is 7.16. The van der Waals surface area contributed by atoms with Crippen molar-refractivity contribution < 1.29 is 9.53 Å². The van der Waals surface area contributed by atoms with Crippen LogP contribution in [0.5, 0.6) is 0 Å². The van der Waals surface area contributed by atoms with Gasteiger partial charge >= 0.3 is 5.97 Å². The first-order chi connectivity index (χ1) is 8.30. The van der Waals surface area contributed by atoms with E-state index in [9.17, 15) is 4.79 Å². The van der Waals surface area contributed by atoms with Crippen LogP contribution in [-0.2, 0) is 9.53 Å². The maximum absolute atomic E-state index is 12.0. The Kier molecular flexibility index (Phi) is 5.64. The van der Waals surface area contributed by atoms with Gasteiger partial charge in [-0.3, -0.25) is 4.79 Å². The number of esters is 1. The van der Waals surface area contributed by atoms with Crippen molar-refractivity contribution in [2.24, 2.45) is 11.3 Å². The molecule has 0 unspecified atom stereocenters. The topological polar surface area (TPSA) is 29.5 Å². The molecule has 18 heavy (non-hydrogen) atoms. The molecule has 3 nitrogen and oxygen atoms in total. The van der Waals surface area contributed by atoms with Crippen molar-refractivity contribution in [3.63, 3.8) is 0 Å². The third kappa shape index (κ3) is 4.97. The number of hydrogen-bond donors (Lipinski definition) is 0. The summed E-state index contributed by atoms with van der Waals surface area (Å²) in [6.07, 6.45) is 6.05. The van der Waals surface area contributed by atoms with Crippen molar-refractivity contribution in [3.05, 3.63) is 0 Å². The summed E-state index contributed by atoms with van der Waals surface area (Å²) in [6.45, 7) is 6.79. The number of rotatable bonds is 3. The summed E-state index contributed by atoms with van der Waals surface area (Å²) in [5.74, 6) is 0.437. The van der Waals surface area contributed by atoms with Gasteiger partial charge in [0.2, 0.25) is 0 Å². The van der Waals surface area contributed by atoms with Gasteiger partial charge in [-0.1, -0.05) is 12.8 Å². The van der Waals surface area contributed by atoms with Gasteiger partial charge < -0.3 is 9.64 Å². The van der Waals surface area contributed by atoms with Gasteiger partial charge in [-0.15, -0.1) is 0 Å². The number of hydrogen-bond acceptors (Lipinski definition) is 3. The Bertz CT molecular complexity index is 268. The van der Waals surface area contributed by atoms with Gasteiger partial charge in [0, 0.05) is 12.5 Å². The second-order valence-corrected chi connectivity index (χ2v) is 6.85. The minimum atomic E-state index is -0.394. The lowest BCUT2D eigenvalue weighted by molar-refractivity contribution is -0.162. The van der Waals surface area contributed by atoms with Crippen LogP contribution in [0, 0.1) is 11.3 Å². The van der Waals surface area contributed by atoms with E-state index in [1.165, 1.54) is 25.7 Å². The van der Waals surface area contributed by atoms with Crippen molar-refractivity contribution in [1.82, 2.24) is 4.90 Å². The maximum Gasteiger partial charge on any atom is 0.311 e. The maximum atomic E-state index is 12.0. The molecule has 1 aliphatic rings. The molecule has 0 saturated heterocycles. The van der Waals surface area contributed by atoms with Crippen LogP contribution in [-0.4, -0.2) is 37.6 Å². The highest BCUT2D eigenvalue weighted by molar-refractivity contribution is 5.75. The van der Waals surface area contributed by atoms with Gasteiger partial charge in [0.1, 0.15) is 6.10 Å². The van der Waals surface area contributed by atoms with Crippen LogP contribution in [0.1, 0.15) is 52.9 Å². The Morgan fingerprint density at radius 3 is 2.33 bits per heavy atom. The molecular formula is C15H29NO2. The molecule has 0 aromatic carbocycles. The average Bonchev–Trinajstić information content (AvgIpc) is 2.42. The average molecular weight is 255 g/mol. The Labute approximate surface area is 112 Å². The summed E-state index contributed by atoms with van der Waals surface area (Å²) in [4.78, 5) is 14.2. The summed E-state index contributed by atoms with van der Waals surface area (Å²) < 4.78 is 5.78. The molecule has 0 heterocycles. The summed E-state index contributed by atoms with van der Waals surface area (Å²) in [5.41, 5.74) is -0.394. The van der Waals surface area contributed by atoms with Crippen molar-refractivity contribution in [3.8, 4) is 0 Å². The van der Waals surface area contributed by atoms with Gasteiger partial charge in [-0.2, -0.15) is 0 Å². The highest BCUT2D eigenvalue weighted by Gasteiger charge is 2.31. The van der Waals surface area contributed by atoms with E-state index in [4.69, 9.17) is 4.74 Å². The summed E-state index contributed by atoms with van der Waals surface area (Å²) in [6, 6.07) is 0. The fourth-order valence-corrected chi connectivity index (χ4v) is 2.50. The third-order valence-corrected chi connectivity index (χ3v) is 3.56. The number of carbonyl (C=O) groups is 1. The van der Waals surface area contributed by atoms with Gasteiger partial charge in [0.15, 0.2) is 0 Å². The lowest BCUT2D eigenvalue weighted by Gasteiger charge is -2.30. The minimum Gasteiger partial charge on any atom is -0.462 e. The lowest BCUT2D eigenvalue weighted by atomic mass is 9.94. The van der Waals surface area contributed by atoms with E-state index in [0.717, 1.165) is 13.0 Å². The number of ether oxygens (including phenoxy) is 1. The molecule has 0 aliphatic heterocycles. The molecule has 0 radical (unpaired) electrons. The Morgan fingerprint density at radius 2 is 1.78 bits per heavy atom. The van der Waals surface area contributed by atoms with Crippen LogP contribution in [0.4, 0.5) is 0 Å². The van der Waals surface area contributed by atoms with Crippen molar-refractivity contribution in [2.45, 2.75) is 59.0 Å². The fraction of sp³-hybridized carbons (Fsp3) is 0.933. The Balaban J connectivity index is 2.64. The first-order valence-electron chi connectivity index (χ1n) is 7.16. The van der Waals surface area contributed by atoms with Crippen LogP contribution < -0.4 is 0 Å². The van der Waals surface area contributed by atoms with E-state index in [1.807, 2.05) is 20.8 Å². The van der Waals surface area contributed by atoms with E-state index in [1.54, 1.807) is 0 Å². The summed E-state index contributed by atoms with van der Waals surface area (Å²) >= 11 is 0. The SMILES string of the molecule is CN(C)C[C@@H]1CCCCC[C@H]1OC(=O)C(C)(C)C. The highest BCUT2D eigenvalue weighted by Crippen LogP contribution is 2.28. The van der Waals surface area contributed by atoms with Crippen molar-refractivity contribution >= 4 is 5.97 Å². The van der Waals surface area contributed by atoms with Gasteiger partial charge in [0.05, 0.1) is 5.41 Å². The standard InChI is InChI=1S/C15H29NO2/c1-15(2,3)14(17)18-13-10-8-6-7-9-12(13)11-16(4)5/h12-13H,6-11H2,1-5H3/t12-,13+/m0/s1. The molecule has 0 amide bonds. The Hall–Kier alpha value is -0.570. The molecule has 0 aromatic heterocycles. The zero-order chi connectivity index (χ0) is 13.8. The molecule has 1 fully saturated rings. The number of carbonyl (C=O) groups excluding carboxylic acids is 1. The monoisotopic (exact) mass is 255 g/mol. The second kappa shape index (κ2) is 6.55. The minimum absolute atomic E-state index is 0.0573. The van der Waals surface area contributed by atoms with E-state index in [0.29, 0.717) is 5.92 Å². The summed E-state index contributed by atoms with van der Waals surface area (Å²) in [7, 11) is 4.18. The fourth-order valence-electron chi connectivity index (χ4n) is 2.50. The largest absolute Gasteiger partial charge is 0.462 e. The smallest absolute Gasteiger partial charge is 0.311 e. The molecule has 3 heteroatoms. The second-order valence-electron chi connectivity index (χ2n) is 6.85. The predicted octanol–water partition coefficient (Wildman–Crippen LogP) is 3.09. The van der Waals surface area contributed by atoms with Crippen LogP contribution >= 0.6 is 0 Å². The molecule has 1 aliphatic carbocycles. The molecule has 2 atom stereocenters. The number of nitrogens with zero attached hydrogens (tertiary/aromatic N) is 1. The van der Waals surface area contributed by atoms with E-state index in [-0.39, 0.29) is 12.1 Å². The first kappa shape index (κ1) is 15.5. The Morgan fingerprint density at radius 1 is 1.17 bits per heavy atom. The highest BCUT2D eigenvalue weighted by atomic mass is 16.5. The molecule has 0 bridgehead atoms. The van der Waals surface area contributed by atoms with E-state index >= 15 is 0 Å².